The summed E-state index contributed by atoms with van der Waals surface area (Å²) in [6.07, 6.45) is -4.56. The van der Waals surface area contributed by atoms with Crippen molar-refractivity contribution in [1.29, 1.82) is 5.26 Å². The third-order valence-electron chi connectivity index (χ3n) is 3.38. The number of hydrogen-bond donors (Lipinski definition) is 1. The van der Waals surface area contributed by atoms with Gasteiger partial charge in [-0.15, -0.1) is 0 Å². The monoisotopic (exact) mass is 313 g/mol. The van der Waals surface area contributed by atoms with Gasteiger partial charge in [0.25, 0.3) is 0 Å². The standard InChI is InChI=1S/C14H11ClF3N3/c1-7-8(2)21(13(20)10(7)6-19)9-3-4-12(15)11(5-9)14(16,17)18/h3-5H,20H2,1-2H3. The summed E-state index contributed by atoms with van der Waals surface area (Å²) in [6.45, 7) is 3.38. The van der Waals surface area contributed by atoms with Crippen molar-refractivity contribution >= 4 is 17.4 Å². The van der Waals surface area contributed by atoms with Gasteiger partial charge in [-0.2, -0.15) is 18.4 Å². The fraction of sp³-hybridized carbons (Fsp3) is 0.214. The SMILES string of the molecule is Cc1c(C#N)c(N)n(-c2ccc(Cl)c(C(F)(F)F)c2)c1C. The number of nitrogens with two attached hydrogens (primary N) is 1. The van der Waals surface area contributed by atoms with E-state index in [-0.39, 0.29) is 22.1 Å². The summed E-state index contributed by atoms with van der Waals surface area (Å²) in [5, 5.41) is 8.68. The molecule has 0 atom stereocenters. The average molecular weight is 314 g/mol. The molecular formula is C14H11ClF3N3. The molecule has 2 aromatic rings. The molecule has 2 N–H and O–H groups in total. The molecule has 0 aliphatic carbocycles. The molecule has 2 rings (SSSR count). The normalized spacial score (nSPS) is 11.5. The molecule has 0 radical (unpaired) electrons. The maximum atomic E-state index is 12.9. The van der Waals surface area contributed by atoms with Gasteiger partial charge in [0.05, 0.1) is 16.1 Å². The second-order valence-corrected chi connectivity index (χ2v) is 4.99. The molecule has 0 spiro atoms. The van der Waals surface area contributed by atoms with Gasteiger partial charge in [0.15, 0.2) is 0 Å². The maximum Gasteiger partial charge on any atom is 0.417 e. The van der Waals surface area contributed by atoms with Crippen molar-refractivity contribution in [3.63, 3.8) is 0 Å². The molecule has 0 saturated carbocycles. The summed E-state index contributed by atoms with van der Waals surface area (Å²) in [4.78, 5) is 0. The Morgan fingerprint density at radius 1 is 1.29 bits per heavy atom. The number of hydrogen-bond acceptors (Lipinski definition) is 2. The van der Waals surface area contributed by atoms with Crippen LogP contribution >= 0.6 is 11.6 Å². The smallest absolute Gasteiger partial charge is 0.384 e. The lowest BCUT2D eigenvalue weighted by molar-refractivity contribution is -0.137. The molecule has 3 nitrogen and oxygen atoms in total. The van der Waals surface area contributed by atoms with Crippen molar-refractivity contribution in [2.24, 2.45) is 0 Å². The molecule has 0 bridgehead atoms. The second kappa shape index (κ2) is 5.01. The topological polar surface area (TPSA) is 54.7 Å². The summed E-state index contributed by atoms with van der Waals surface area (Å²) >= 11 is 5.60. The third-order valence-corrected chi connectivity index (χ3v) is 3.71. The molecular weight excluding hydrogens is 303 g/mol. The van der Waals surface area contributed by atoms with Crippen LogP contribution in [0.25, 0.3) is 5.69 Å². The Kier molecular flexibility index (Phi) is 3.64. The van der Waals surface area contributed by atoms with E-state index in [0.29, 0.717) is 11.3 Å². The van der Waals surface area contributed by atoms with Gasteiger partial charge in [-0.05, 0) is 37.6 Å². The van der Waals surface area contributed by atoms with Crippen LogP contribution < -0.4 is 5.73 Å². The number of benzene rings is 1. The predicted octanol–water partition coefficient (Wildman–Crippen LogP) is 4.22. The van der Waals surface area contributed by atoms with E-state index < -0.39 is 11.7 Å². The molecule has 0 unspecified atom stereocenters. The average Bonchev–Trinajstić information content (AvgIpc) is 2.60. The van der Waals surface area contributed by atoms with Gasteiger partial charge in [0, 0.05) is 11.4 Å². The first-order chi connectivity index (χ1) is 9.68. The summed E-state index contributed by atoms with van der Waals surface area (Å²) in [5.74, 6) is 0.114. The number of nitrogens with zero attached hydrogens (tertiary/aromatic N) is 2. The summed E-state index contributed by atoms with van der Waals surface area (Å²) < 4.78 is 40.2. The lowest BCUT2D eigenvalue weighted by atomic mass is 10.2. The highest BCUT2D eigenvalue weighted by molar-refractivity contribution is 6.31. The number of nitrogen functional groups attached to an aromatic ring is 1. The second-order valence-electron chi connectivity index (χ2n) is 4.58. The van der Waals surface area contributed by atoms with Crippen molar-refractivity contribution in [2.45, 2.75) is 20.0 Å². The Balaban J connectivity index is 2.73. The van der Waals surface area contributed by atoms with Crippen LogP contribution in [0.4, 0.5) is 19.0 Å². The van der Waals surface area contributed by atoms with Gasteiger partial charge in [0.1, 0.15) is 11.9 Å². The molecule has 7 heteroatoms. The van der Waals surface area contributed by atoms with Crippen LogP contribution in [0.1, 0.15) is 22.4 Å². The van der Waals surface area contributed by atoms with Crippen molar-refractivity contribution in [3.8, 4) is 11.8 Å². The van der Waals surface area contributed by atoms with E-state index in [0.717, 1.165) is 6.07 Å². The van der Waals surface area contributed by atoms with Gasteiger partial charge in [-0.25, -0.2) is 0 Å². The number of aromatic nitrogens is 1. The van der Waals surface area contributed by atoms with Crippen molar-refractivity contribution in [1.82, 2.24) is 4.57 Å². The van der Waals surface area contributed by atoms with E-state index in [1.165, 1.54) is 16.7 Å². The quantitative estimate of drug-likeness (QED) is 0.857. The Bertz CT molecular complexity index is 754. The Hall–Kier alpha value is -2.13. The van der Waals surface area contributed by atoms with Crippen LogP contribution in [0.5, 0.6) is 0 Å². The lowest BCUT2D eigenvalue weighted by Crippen LogP contribution is -2.09. The minimum atomic E-state index is -4.56. The maximum absolute atomic E-state index is 12.9. The van der Waals surface area contributed by atoms with Crippen LogP contribution in [-0.2, 0) is 6.18 Å². The lowest BCUT2D eigenvalue weighted by Gasteiger charge is -2.14. The minimum absolute atomic E-state index is 0.114. The van der Waals surface area contributed by atoms with Crippen LogP contribution in [-0.4, -0.2) is 4.57 Å². The van der Waals surface area contributed by atoms with Crippen molar-refractivity contribution in [3.05, 3.63) is 45.6 Å². The van der Waals surface area contributed by atoms with Crippen LogP contribution in [0.3, 0.4) is 0 Å². The molecule has 0 aliphatic rings. The highest BCUT2D eigenvalue weighted by atomic mass is 35.5. The van der Waals surface area contributed by atoms with Gasteiger partial charge in [-0.3, -0.25) is 4.57 Å². The molecule has 21 heavy (non-hydrogen) atoms. The molecule has 0 amide bonds. The van der Waals surface area contributed by atoms with Gasteiger partial charge >= 0.3 is 6.18 Å². The number of rotatable bonds is 1. The Labute approximate surface area is 124 Å². The molecule has 110 valence electrons. The zero-order valence-corrected chi connectivity index (χ0v) is 12.0. The molecule has 1 heterocycles. The molecule has 0 fully saturated rings. The van der Waals surface area contributed by atoms with Gasteiger partial charge < -0.3 is 5.73 Å². The van der Waals surface area contributed by atoms with E-state index in [2.05, 4.69) is 0 Å². The number of anilines is 1. The highest BCUT2D eigenvalue weighted by Gasteiger charge is 2.33. The van der Waals surface area contributed by atoms with E-state index in [9.17, 15) is 13.2 Å². The van der Waals surface area contributed by atoms with E-state index in [1.54, 1.807) is 13.8 Å². The third kappa shape index (κ3) is 2.45. The van der Waals surface area contributed by atoms with Gasteiger partial charge in [-0.1, -0.05) is 11.6 Å². The highest BCUT2D eigenvalue weighted by Crippen LogP contribution is 2.37. The first-order valence-electron chi connectivity index (χ1n) is 5.93. The fourth-order valence-corrected chi connectivity index (χ4v) is 2.40. The zero-order chi connectivity index (χ0) is 15.9. The van der Waals surface area contributed by atoms with E-state index in [1.807, 2.05) is 6.07 Å². The fourth-order valence-electron chi connectivity index (χ4n) is 2.18. The molecule has 1 aromatic heterocycles. The number of nitriles is 1. The Morgan fingerprint density at radius 3 is 2.38 bits per heavy atom. The van der Waals surface area contributed by atoms with Crippen LogP contribution in [0.15, 0.2) is 18.2 Å². The van der Waals surface area contributed by atoms with E-state index in [4.69, 9.17) is 22.6 Å². The number of alkyl halides is 3. The first-order valence-corrected chi connectivity index (χ1v) is 6.31. The first kappa shape index (κ1) is 15.3. The van der Waals surface area contributed by atoms with E-state index >= 15 is 0 Å². The van der Waals surface area contributed by atoms with Gasteiger partial charge in [0.2, 0.25) is 0 Å². The largest absolute Gasteiger partial charge is 0.417 e. The van der Waals surface area contributed by atoms with Crippen molar-refractivity contribution < 1.29 is 13.2 Å². The summed E-state index contributed by atoms with van der Waals surface area (Å²) in [7, 11) is 0. The summed E-state index contributed by atoms with van der Waals surface area (Å²) in [6, 6.07) is 5.48. The van der Waals surface area contributed by atoms with Crippen LogP contribution in [0.2, 0.25) is 5.02 Å². The summed E-state index contributed by atoms with van der Waals surface area (Å²) in [5.41, 5.74) is 6.65. The Morgan fingerprint density at radius 2 is 1.90 bits per heavy atom. The molecule has 0 aliphatic heterocycles. The number of halogens is 4. The molecule has 1 aromatic carbocycles. The van der Waals surface area contributed by atoms with Crippen molar-refractivity contribution in [2.75, 3.05) is 5.73 Å². The minimum Gasteiger partial charge on any atom is -0.384 e. The predicted molar refractivity (Wildman–Crippen MR) is 74.4 cm³/mol. The van der Waals surface area contributed by atoms with Crippen LogP contribution in [0, 0.1) is 25.2 Å². The molecule has 0 saturated heterocycles. The zero-order valence-electron chi connectivity index (χ0n) is 11.2.